The standard InChI is InChI=1S/C18H15F3N2O4/c1-25-10-17(24)23-16-9-22-15-7-6-13(8-14(15)16)27-26-12-4-2-11(3-5-12)18(19,20)21/h2-9,22H,10H2,1H3,(H,23,24). The third-order valence-corrected chi connectivity index (χ3v) is 3.62. The number of carbonyl (C=O) groups is 1. The van der Waals surface area contributed by atoms with E-state index in [0.29, 0.717) is 16.8 Å². The van der Waals surface area contributed by atoms with Crippen molar-refractivity contribution in [3.8, 4) is 11.5 Å². The molecular weight excluding hydrogens is 365 g/mol. The summed E-state index contributed by atoms with van der Waals surface area (Å²) in [7, 11) is 1.42. The predicted molar refractivity (Wildman–Crippen MR) is 91.5 cm³/mol. The molecule has 3 rings (SSSR count). The quantitative estimate of drug-likeness (QED) is 0.498. The van der Waals surface area contributed by atoms with Gasteiger partial charge >= 0.3 is 6.18 Å². The van der Waals surface area contributed by atoms with E-state index in [0.717, 1.165) is 29.8 Å². The van der Waals surface area contributed by atoms with E-state index in [1.165, 1.54) is 7.11 Å². The molecule has 142 valence electrons. The highest BCUT2D eigenvalue weighted by Gasteiger charge is 2.30. The van der Waals surface area contributed by atoms with E-state index in [4.69, 9.17) is 14.5 Å². The molecule has 0 aliphatic heterocycles. The van der Waals surface area contributed by atoms with Gasteiger partial charge in [-0.3, -0.25) is 14.6 Å². The van der Waals surface area contributed by atoms with Crippen molar-refractivity contribution in [2.24, 2.45) is 0 Å². The molecule has 0 fully saturated rings. The number of benzene rings is 2. The summed E-state index contributed by atoms with van der Waals surface area (Å²) in [6, 6.07) is 9.08. The van der Waals surface area contributed by atoms with E-state index in [2.05, 4.69) is 10.3 Å². The molecule has 0 aliphatic rings. The van der Waals surface area contributed by atoms with Crippen molar-refractivity contribution in [3.63, 3.8) is 0 Å². The first-order chi connectivity index (χ1) is 12.9. The number of ether oxygens (including phenoxy) is 1. The Kier molecular flexibility index (Phi) is 5.22. The summed E-state index contributed by atoms with van der Waals surface area (Å²) in [6.45, 7) is -0.0834. The number of alkyl halides is 3. The van der Waals surface area contributed by atoms with E-state index in [1.807, 2.05) is 0 Å². The zero-order valence-electron chi connectivity index (χ0n) is 14.1. The van der Waals surface area contributed by atoms with Crippen LogP contribution in [0, 0.1) is 0 Å². The van der Waals surface area contributed by atoms with Crippen LogP contribution < -0.4 is 15.1 Å². The fourth-order valence-corrected chi connectivity index (χ4v) is 2.37. The Morgan fingerprint density at radius 2 is 1.74 bits per heavy atom. The Morgan fingerprint density at radius 3 is 2.41 bits per heavy atom. The highest BCUT2D eigenvalue weighted by Crippen LogP contribution is 2.31. The van der Waals surface area contributed by atoms with Gasteiger partial charge in [0.05, 0.1) is 11.3 Å². The summed E-state index contributed by atoms with van der Waals surface area (Å²) in [4.78, 5) is 24.9. The predicted octanol–water partition coefficient (Wildman–Crippen LogP) is 4.14. The monoisotopic (exact) mass is 380 g/mol. The molecule has 1 aromatic heterocycles. The largest absolute Gasteiger partial charge is 0.416 e. The molecule has 0 aliphatic carbocycles. The van der Waals surface area contributed by atoms with Crippen LogP contribution in [0.1, 0.15) is 5.56 Å². The number of rotatable bonds is 6. The number of hydrogen-bond acceptors (Lipinski definition) is 4. The molecule has 0 saturated heterocycles. The van der Waals surface area contributed by atoms with Crippen molar-refractivity contribution in [3.05, 3.63) is 54.2 Å². The number of aromatic amines is 1. The van der Waals surface area contributed by atoms with Gasteiger partial charge in [-0.1, -0.05) is 0 Å². The number of H-pyrrole nitrogens is 1. The summed E-state index contributed by atoms with van der Waals surface area (Å²) >= 11 is 0. The van der Waals surface area contributed by atoms with Crippen molar-refractivity contribution in [2.45, 2.75) is 6.18 Å². The van der Waals surface area contributed by atoms with Gasteiger partial charge in [0.1, 0.15) is 6.61 Å². The van der Waals surface area contributed by atoms with Crippen LogP contribution in [-0.4, -0.2) is 24.6 Å². The maximum Gasteiger partial charge on any atom is 0.416 e. The lowest BCUT2D eigenvalue weighted by Gasteiger charge is -2.09. The molecule has 6 nitrogen and oxygen atoms in total. The van der Waals surface area contributed by atoms with Crippen LogP contribution in [0.4, 0.5) is 18.9 Å². The van der Waals surface area contributed by atoms with Gasteiger partial charge in [0, 0.05) is 24.2 Å². The second-order valence-electron chi connectivity index (χ2n) is 5.58. The van der Waals surface area contributed by atoms with Gasteiger partial charge in [0.25, 0.3) is 0 Å². The average Bonchev–Trinajstić information content (AvgIpc) is 3.02. The average molecular weight is 380 g/mol. The van der Waals surface area contributed by atoms with Crippen molar-refractivity contribution in [2.75, 3.05) is 19.0 Å². The highest BCUT2D eigenvalue weighted by atomic mass is 19.4. The number of amides is 1. The van der Waals surface area contributed by atoms with Crippen LogP contribution in [0.25, 0.3) is 10.9 Å². The molecule has 3 aromatic rings. The molecule has 0 radical (unpaired) electrons. The molecule has 2 N–H and O–H groups in total. The topological polar surface area (TPSA) is 72.6 Å². The Morgan fingerprint density at radius 1 is 1.07 bits per heavy atom. The summed E-state index contributed by atoms with van der Waals surface area (Å²) in [5.41, 5.74) is 0.511. The summed E-state index contributed by atoms with van der Waals surface area (Å²) < 4.78 is 42.4. The number of anilines is 1. The molecule has 27 heavy (non-hydrogen) atoms. The molecule has 2 aromatic carbocycles. The zero-order valence-corrected chi connectivity index (χ0v) is 14.1. The van der Waals surface area contributed by atoms with Gasteiger partial charge in [-0.15, -0.1) is 0 Å². The second-order valence-corrected chi connectivity index (χ2v) is 5.58. The van der Waals surface area contributed by atoms with Crippen molar-refractivity contribution in [1.82, 2.24) is 4.98 Å². The van der Waals surface area contributed by atoms with Gasteiger partial charge in [-0.25, -0.2) is 0 Å². The first-order valence-electron chi connectivity index (χ1n) is 7.78. The molecule has 9 heteroatoms. The summed E-state index contributed by atoms with van der Waals surface area (Å²) in [6.07, 6.45) is -2.79. The first-order valence-corrected chi connectivity index (χ1v) is 7.78. The summed E-state index contributed by atoms with van der Waals surface area (Å²) in [5, 5.41) is 3.36. The molecule has 1 heterocycles. The van der Waals surface area contributed by atoms with Crippen LogP contribution in [0.3, 0.4) is 0 Å². The Labute approximate surface area is 151 Å². The maximum atomic E-state index is 12.6. The van der Waals surface area contributed by atoms with Gasteiger partial charge in [0.2, 0.25) is 5.91 Å². The van der Waals surface area contributed by atoms with Crippen LogP contribution >= 0.6 is 0 Å². The normalized spacial score (nSPS) is 11.4. The van der Waals surface area contributed by atoms with Gasteiger partial charge in [0.15, 0.2) is 11.5 Å². The summed E-state index contributed by atoms with van der Waals surface area (Å²) in [5.74, 6) is 0.112. The van der Waals surface area contributed by atoms with E-state index in [9.17, 15) is 18.0 Å². The third-order valence-electron chi connectivity index (χ3n) is 3.62. The van der Waals surface area contributed by atoms with Gasteiger partial charge < -0.3 is 15.0 Å². The molecule has 0 bridgehead atoms. The van der Waals surface area contributed by atoms with Crippen molar-refractivity contribution in [1.29, 1.82) is 0 Å². The van der Waals surface area contributed by atoms with Gasteiger partial charge in [-0.05, 0) is 42.5 Å². The minimum Gasteiger partial charge on any atom is -0.375 e. The number of methoxy groups -OCH3 is 1. The minimum atomic E-state index is -4.41. The van der Waals surface area contributed by atoms with Crippen molar-refractivity contribution >= 4 is 22.5 Å². The molecule has 0 unspecified atom stereocenters. The lowest BCUT2D eigenvalue weighted by atomic mass is 10.2. The smallest absolute Gasteiger partial charge is 0.375 e. The fraction of sp³-hybridized carbons (Fsp3) is 0.167. The van der Waals surface area contributed by atoms with E-state index in [1.54, 1.807) is 24.4 Å². The molecular formula is C18H15F3N2O4. The molecule has 0 spiro atoms. The van der Waals surface area contributed by atoms with Crippen LogP contribution in [-0.2, 0) is 15.7 Å². The number of nitrogens with one attached hydrogen (secondary N) is 2. The van der Waals surface area contributed by atoms with E-state index in [-0.39, 0.29) is 18.3 Å². The Bertz CT molecular complexity index is 936. The van der Waals surface area contributed by atoms with Crippen LogP contribution in [0.15, 0.2) is 48.7 Å². The van der Waals surface area contributed by atoms with Crippen LogP contribution in [0.2, 0.25) is 0 Å². The second kappa shape index (κ2) is 7.58. The third kappa shape index (κ3) is 4.50. The lowest BCUT2D eigenvalue weighted by Crippen LogP contribution is -2.16. The highest BCUT2D eigenvalue weighted by molar-refractivity contribution is 6.02. The van der Waals surface area contributed by atoms with E-state index >= 15 is 0 Å². The fourth-order valence-electron chi connectivity index (χ4n) is 2.37. The Balaban J connectivity index is 1.71. The first kappa shape index (κ1) is 18.6. The van der Waals surface area contributed by atoms with Crippen molar-refractivity contribution < 1.29 is 32.5 Å². The number of aromatic nitrogens is 1. The van der Waals surface area contributed by atoms with Crippen LogP contribution in [0.5, 0.6) is 11.5 Å². The minimum absolute atomic E-state index is 0.0834. The Hall–Kier alpha value is -3.20. The zero-order chi connectivity index (χ0) is 19.4. The number of hydrogen-bond donors (Lipinski definition) is 2. The maximum absolute atomic E-state index is 12.6. The SMILES string of the molecule is COCC(=O)Nc1c[nH]c2ccc(OOc3ccc(C(F)(F)F)cc3)cc12. The van der Waals surface area contributed by atoms with Gasteiger partial charge in [-0.2, -0.15) is 13.2 Å². The van der Waals surface area contributed by atoms with E-state index < -0.39 is 11.7 Å². The molecule has 0 atom stereocenters. The molecule has 1 amide bonds. The lowest BCUT2D eigenvalue weighted by molar-refractivity contribution is -0.137. The number of halogens is 3. The molecule has 0 saturated carbocycles. The number of carbonyl (C=O) groups excluding carboxylic acids is 1. The number of fused-ring (bicyclic) bond motifs is 1.